The van der Waals surface area contributed by atoms with Gasteiger partial charge in [0.15, 0.2) is 0 Å². The Morgan fingerprint density at radius 2 is 1.95 bits per heavy atom. The fourth-order valence-electron chi connectivity index (χ4n) is 2.80. The van der Waals surface area contributed by atoms with Crippen LogP contribution in [0.2, 0.25) is 0 Å². The SMILES string of the molecule is CCCCCC(=O)Nc1sc2c(c1C(=O)OCC)CCCC2. The first-order valence-electron chi connectivity index (χ1n) is 8.28. The van der Waals surface area contributed by atoms with E-state index in [4.69, 9.17) is 4.74 Å². The molecule has 0 aliphatic heterocycles. The van der Waals surface area contributed by atoms with Crippen molar-refractivity contribution in [1.82, 2.24) is 0 Å². The molecule has 0 spiro atoms. The molecule has 0 atom stereocenters. The Bertz CT molecular complexity index is 536. The van der Waals surface area contributed by atoms with Gasteiger partial charge in [0.1, 0.15) is 5.00 Å². The predicted molar refractivity (Wildman–Crippen MR) is 89.7 cm³/mol. The van der Waals surface area contributed by atoms with Crippen molar-refractivity contribution in [2.24, 2.45) is 0 Å². The Morgan fingerprint density at radius 1 is 1.18 bits per heavy atom. The number of fused-ring (bicyclic) bond motifs is 1. The Morgan fingerprint density at radius 3 is 2.68 bits per heavy atom. The molecule has 1 N–H and O–H groups in total. The Kier molecular flexibility index (Phi) is 6.43. The average Bonchev–Trinajstić information content (AvgIpc) is 2.85. The maximum atomic E-state index is 12.3. The third-order valence-corrected chi connectivity index (χ3v) is 5.12. The van der Waals surface area contributed by atoms with Gasteiger partial charge in [0.25, 0.3) is 0 Å². The zero-order valence-electron chi connectivity index (χ0n) is 13.5. The molecule has 0 unspecified atom stereocenters. The maximum absolute atomic E-state index is 12.3. The van der Waals surface area contributed by atoms with Crippen LogP contribution in [0.5, 0.6) is 0 Å². The molecule has 1 aliphatic rings. The minimum atomic E-state index is -0.300. The molecule has 0 fully saturated rings. The lowest BCUT2D eigenvalue weighted by molar-refractivity contribution is -0.116. The Balaban J connectivity index is 2.17. The topological polar surface area (TPSA) is 55.4 Å². The summed E-state index contributed by atoms with van der Waals surface area (Å²) in [6.45, 7) is 4.27. The zero-order chi connectivity index (χ0) is 15.9. The van der Waals surface area contributed by atoms with Crippen LogP contribution in [-0.2, 0) is 22.4 Å². The van der Waals surface area contributed by atoms with Gasteiger partial charge in [0, 0.05) is 11.3 Å². The minimum absolute atomic E-state index is 0.00223. The summed E-state index contributed by atoms with van der Waals surface area (Å²) in [5.41, 5.74) is 1.70. The van der Waals surface area contributed by atoms with E-state index in [1.807, 2.05) is 0 Å². The molecule has 0 saturated carbocycles. The van der Waals surface area contributed by atoms with E-state index in [0.717, 1.165) is 50.5 Å². The van der Waals surface area contributed by atoms with Gasteiger partial charge in [-0.3, -0.25) is 4.79 Å². The second kappa shape index (κ2) is 8.32. The van der Waals surface area contributed by atoms with Crippen molar-refractivity contribution in [3.63, 3.8) is 0 Å². The van der Waals surface area contributed by atoms with Crippen molar-refractivity contribution in [2.45, 2.75) is 65.2 Å². The van der Waals surface area contributed by atoms with Crippen LogP contribution in [0.1, 0.15) is 73.2 Å². The molecule has 4 nitrogen and oxygen atoms in total. The highest BCUT2D eigenvalue weighted by molar-refractivity contribution is 7.17. The van der Waals surface area contributed by atoms with E-state index in [1.165, 1.54) is 4.88 Å². The van der Waals surface area contributed by atoms with Crippen LogP contribution in [0, 0.1) is 0 Å². The van der Waals surface area contributed by atoms with Gasteiger partial charge in [0.05, 0.1) is 12.2 Å². The van der Waals surface area contributed by atoms with Gasteiger partial charge in [0.2, 0.25) is 5.91 Å². The molecular weight excluding hydrogens is 298 g/mol. The quantitative estimate of drug-likeness (QED) is 0.600. The summed E-state index contributed by atoms with van der Waals surface area (Å²) in [7, 11) is 0. The molecular formula is C17H25NO3S. The van der Waals surface area contributed by atoms with Crippen molar-refractivity contribution >= 4 is 28.2 Å². The zero-order valence-corrected chi connectivity index (χ0v) is 14.3. The lowest BCUT2D eigenvalue weighted by Gasteiger charge is -2.12. The van der Waals surface area contributed by atoms with Crippen LogP contribution in [-0.4, -0.2) is 18.5 Å². The van der Waals surface area contributed by atoms with Crippen molar-refractivity contribution < 1.29 is 14.3 Å². The number of carbonyl (C=O) groups is 2. The number of esters is 1. The van der Waals surface area contributed by atoms with Crippen LogP contribution >= 0.6 is 11.3 Å². The van der Waals surface area contributed by atoms with Gasteiger partial charge in [-0.2, -0.15) is 0 Å². The number of aryl methyl sites for hydroxylation is 1. The van der Waals surface area contributed by atoms with Crippen molar-refractivity contribution in [3.8, 4) is 0 Å². The van der Waals surface area contributed by atoms with E-state index < -0.39 is 0 Å². The van der Waals surface area contributed by atoms with Crippen LogP contribution in [0.3, 0.4) is 0 Å². The summed E-state index contributed by atoms with van der Waals surface area (Å²) < 4.78 is 5.19. The maximum Gasteiger partial charge on any atom is 0.341 e. The molecule has 22 heavy (non-hydrogen) atoms. The van der Waals surface area contributed by atoms with Crippen molar-refractivity contribution in [2.75, 3.05) is 11.9 Å². The van der Waals surface area contributed by atoms with Gasteiger partial charge in [-0.1, -0.05) is 19.8 Å². The Hall–Kier alpha value is -1.36. The van der Waals surface area contributed by atoms with E-state index in [0.29, 0.717) is 23.6 Å². The first-order valence-corrected chi connectivity index (χ1v) is 9.10. The summed E-state index contributed by atoms with van der Waals surface area (Å²) in [6, 6.07) is 0. The monoisotopic (exact) mass is 323 g/mol. The summed E-state index contributed by atoms with van der Waals surface area (Å²) >= 11 is 1.55. The van der Waals surface area contributed by atoms with E-state index in [9.17, 15) is 9.59 Å². The van der Waals surface area contributed by atoms with Crippen LogP contribution in [0.4, 0.5) is 5.00 Å². The summed E-state index contributed by atoms with van der Waals surface area (Å²) in [6.07, 6.45) is 7.71. The molecule has 0 bridgehead atoms. The highest BCUT2D eigenvalue weighted by Gasteiger charge is 2.27. The standard InChI is InChI=1S/C17H25NO3S/c1-3-5-6-11-14(19)18-16-15(17(20)21-4-2)12-9-7-8-10-13(12)22-16/h3-11H2,1-2H3,(H,18,19). The normalized spacial score (nSPS) is 13.5. The molecule has 1 aromatic heterocycles. The number of carbonyl (C=O) groups excluding carboxylic acids is 2. The van der Waals surface area contributed by atoms with E-state index in [2.05, 4.69) is 12.2 Å². The third-order valence-electron chi connectivity index (χ3n) is 3.91. The summed E-state index contributed by atoms with van der Waals surface area (Å²) in [5.74, 6) is -0.302. The van der Waals surface area contributed by atoms with E-state index >= 15 is 0 Å². The van der Waals surface area contributed by atoms with Crippen molar-refractivity contribution in [1.29, 1.82) is 0 Å². The predicted octanol–water partition coefficient (Wildman–Crippen LogP) is 4.32. The van der Waals surface area contributed by atoms with Gasteiger partial charge in [-0.25, -0.2) is 4.79 Å². The molecule has 0 aromatic carbocycles. The van der Waals surface area contributed by atoms with E-state index in [-0.39, 0.29) is 11.9 Å². The number of thiophene rings is 1. The summed E-state index contributed by atoms with van der Waals surface area (Å²) in [5, 5.41) is 3.63. The van der Waals surface area contributed by atoms with Gasteiger partial charge in [-0.15, -0.1) is 11.3 Å². The number of amides is 1. The molecule has 5 heteroatoms. The molecule has 0 saturated heterocycles. The number of ether oxygens (including phenoxy) is 1. The number of nitrogens with one attached hydrogen (secondary N) is 1. The summed E-state index contributed by atoms with van der Waals surface area (Å²) in [4.78, 5) is 25.6. The lowest BCUT2D eigenvalue weighted by Crippen LogP contribution is -2.15. The molecule has 1 aliphatic carbocycles. The number of hydrogen-bond acceptors (Lipinski definition) is 4. The second-order valence-corrected chi connectivity index (χ2v) is 6.75. The molecule has 2 rings (SSSR count). The Labute approximate surface area is 136 Å². The molecule has 1 heterocycles. The largest absolute Gasteiger partial charge is 0.462 e. The number of rotatable bonds is 7. The van der Waals surface area contributed by atoms with Gasteiger partial charge < -0.3 is 10.1 Å². The van der Waals surface area contributed by atoms with Crippen LogP contribution < -0.4 is 5.32 Å². The molecule has 1 amide bonds. The fraction of sp³-hybridized carbons (Fsp3) is 0.647. The number of anilines is 1. The molecule has 0 radical (unpaired) electrons. The number of unbranched alkanes of at least 4 members (excludes halogenated alkanes) is 2. The van der Waals surface area contributed by atoms with E-state index in [1.54, 1.807) is 18.3 Å². The average molecular weight is 323 g/mol. The van der Waals surface area contributed by atoms with Crippen LogP contribution in [0.25, 0.3) is 0 Å². The molecule has 122 valence electrons. The highest BCUT2D eigenvalue weighted by Crippen LogP contribution is 2.38. The first-order chi connectivity index (χ1) is 10.7. The fourth-order valence-corrected chi connectivity index (χ4v) is 4.09. The first kappa shape index (κ1) is 17.0. The molecule has 1 aromatic rings. The third kappa shape index (κ3) is 4.09. The highest BCUT2D eigenvalue weighted by atomic mass is 32.1. The number of hydrogen-bond donors (Lipinski definition) is 1. The van der Waals surface area contributed by atoms with Crippen LogP contribution in [0.15, 0.2) is 0 Å². The minimum Gasteiger partial charge on any atom is -0.462 e. The smallest absolute Gasteiger partial charge is 0.341 e. The van der Waals surface area contributed by atoms with Crippen molar-refractivity contribution in [3.05, 3.63) is 16.0 Å². The van der Waals surface area contributed by atoms with Gasteiger partial charge in [-0.05, 0) is 44.6 Å². The second-order valence-electron chi connectivity index (χ2n) is 5.64. The lowest BCUT2D eigenvalue weighted by atomic mass is 9.95. The van der Waals surface area contributed by atoms with Gasteiger partial charge >= 0.3 is 5.97 Å².